The molecule has 1 saturated heterocycles. The number of aliphatic carboxylic acids is 1. The molecule has 94 valence electrons. The molecule has 1 aliphatic carbocycles. The topological polar surface area (TPSA) is 40.5 Å². The summed E-state index contributed by atoms with van der Waals surface area (Å²) in [5, 5.41) is 8.50. The monoisotopic (exact) mass is 235 g/mol. The van der Waals surface area contributed by atoms with Crippen LogP contribution < -0.4 is 0 Å². The molecule has 0 spiro atoms. The minimum atomic E-state index is -1.01. The number of hydrogen-bond acceptors (Lipinski definition) is 2. The van der Waals surface area contributed by atoms with Gasteiger partial charge in [-0.05, 0) is 39.5 Å². The standard InChI is InChI=1S/C14H21NO2/c1-10-4-3-5-11(2)15(10)13-8-12(9-13)6-7-14(16)17/h10-13H,3-5,8-9H2,1-2H3,(H,16,17). The average Bonchev–Trinajstić information content (AvgIpc) is 2.18. The zero-order chi connectivity index (χ0) is 12.4. The lowest BCUT2D eigenvalue weighted by Gasteiger charge is -2.49. The van der Waals surface area contributed by atoms with Crippen molar-refractivity contribution in [2.45, 2.75) is 64.1 Å². The van der Waals surface area contributed by atoms with Crippen LogP contribution in [0.4, 0.5) is 0 Å². The first-order valence-electron chi connectivity index (χ1n) is 6.60. The van der Waals surface area contributed by atoms with E-state index < -0.39 is 5.97 Å². The van der Waals surface area contributed by atoms with Gasteiger partial charge in [0.1, 0.15) is 0 Å². The van der Waals surface area contributed by atoms with E-state index in [9.17, 15) is 4.79 Å². The van der Waals surface area contributed by atoms with Crippen molar-refractivity contribution in [3.63, 3.8) is 0 Å². The van der Waals surface area contributed by atoms with Crippen LogP contribution in [-0.2, 0) is 4.79 Å². The molecule has 3 heteroatoms. The number of hydrogen-bond donors (Lipinski definition) is 1. The molecular weight excluding hydrogens is 214 g/mol. The molecule has 0 radical (unpaired) electrons. The first-order chi connectivity index (χ1) is 8.08. The second-order valence-corrected chi connectivity index (χ2v) is 5.47. The number of rotatable bonds is 1. The number of carbonyl (C=O) groups is 1. The quantitative estimate of drug-likeness (QED) is 0.708. The van der Waals surface area contributed by atoms with Crippen molar-refractivity contribution in [3.05, 3.63) is 0 Å². The van der Waals surface area contributed by atoms with E-state index in [4.69, 9.17) is 5.11 Å². The van der Waals surface area contributed by atoms with Crippen molar-refractivity contribution < 1.29 is 9.90 Å². The minimum Gasteiger partial charge on any atom is -0.472 e. The van der Waals surface area contributed by atoms with Crippen molar-refractivity contribution in [2.75, 3.05) is 0 Å². The van der Waals surface area contributed by atoms with Crippen LogP contribution in [0.5, 0.6) is 0 Å². The largest absolute Gasteiger partial charge is 0.472 e. The third kappa shape index (κ3) is 2.81. The van der Waals surface area contributed by atoms with Gasteiger partial charge in [0, 0.05) is 30.0 Å². The molecule has 0 aromatic rings. The van der Waals surface area contributed by atoms with E-state index in [2.05, 4.69) is 30.6 Å². The Morgan fingerprint density at radius 1 is 1.24 bits per heavy atom. The van der Waals surface area contributed by atoms with Gasteiger partial charge in [-0.25, -0.2) is 4.79 Å². The van der Waals surface area contributed by atoms with E-state index >= 15 is 0 Å². The van der Waals surface area contributed by atoms with E-state index in [1.54, 1.807) is 0 Å². The van der Waals surface area contributed by atoms with Gasteiger partial charge in [0.05, 0.1) is 0 Å². The molecule has 2 rings (SSSR count). The molecule has 0 amide bonds. The van der Waals surface area contributed by atoms with Gasteiger partial charge >= 0.3 is 5.97 Å². The molecule has 0 aromatic heterocycles. The summed E-state index contributed by atoms with van der Waals surface area (Å²) in [6.45, 7) is 4.62. The highest BCUT2D eigenvalue weighted by molar-refractivity contribution is 5.86. The number of carboxylic acids is 1. The lowest BCUT2D eigenvalue weighted by molar-refractivity contribution is -0.130. The fraction of sp³-hybridized carbons (Fsp3) is 0.786. The Bertz CT molecular complexity index is 339. The summed E-state index contributed by atoms with van der Waals surface area (Å²) in [6, 6.07) is 1.99. The van der Waals surface area contributed by atoms with Gasteiger partial charge in [0.15, 0.2) is 0 Å². The van der Waals surface area contributed by atoms with E-state index in [1.807, 2.05) is 0 Å². The summed E-state index contributed by atoms with van der Waals surface area (Å²) in [5.74, 6) is 4.38. The summed E-state index contributed by atoms with van der Waals surface area (Å²) in [6.07, 6.45) is 6.04. The van der Waals surface area contributed by atoms with E-state index in [-0.39, 0.29) is 0 Å². The Morgan fingerprint density at radius 2 is 1.82 bits per heavy atom. The van der Waals surface area contributed by atoms with Crippen LogP contribution in [-0.4, -0.2) is 34.1 Å². The molecule has 2 fully saturated rings. The predicted octanol–water partition coefficient (Wildman–Crippen LogP) is 2.12. The van der Waals surface area contributed by atoms with Crippen LogP contribution in [0.1, 0.15) is 46.0 Å². The second kappa shape index (κ2) is 5.10. The fourth-order valence-corrected chi connectivity index (χ4v) is 3.27. The maximum atomic E-state index is 10.3. The van der Waals surface area contributed by atoms with Gasteiger partial charge in [-0.1, -0.05) is 12.3 Å². The van der Waals surface area contributed by atoms with E-state index in [1.165, 1.54) is 19.3 Å². The molecule has 3 nitrogen and oxygen atoms in total. The van der Waals surface area contributed by atoms with Gasteiger partial charge in [-0.3, -0.25) is 4.90 Å². The SMILES string of the molecule is CC1CCCC(C)N1C1CC(C#CC(=O)O)C1. The molecule has 1 saturated carbocycles. The second-order valence-electron chi connectivity index (χ2n) is 5.47. The highest BCUT2D eigenvalue weighted by Gasteiger charge is 2.38. The average molecular weight is 235 g/mol. The molecule has 0 aromatic carbocycles. The van der Waals surface area contributed by atoms with Gasteiger partial charge < -0.3 is 5.11 Å². The molecule has 2 atom stereocenters. The van der Waals surface area contributed by atoms with Crippen molar-refractivity contribution >= 4 is 5.97 Å². The number of carboxylic acid groups (broad SMARTS) is 1. The molecule has 1 aliphatic heterocycles. The minimum absolute atomic E-state index is 0.303. The van der Waals surface area contributed by atoms with E-state index in [0.29, 0.717) is 24.0 Å². The zero-order valence-electron chi connectivity index (χ0n) is 10.6. The third-order valence-electron chi connectivity index (χ3n) is 4.18. The third-order valence-corrected chi connectivity index (χ3v) is 4.18. The predicted molar refractivity (Wildman–Crippen MR) is 66.5 cm³/mol. The van der Waals surface area contributed by atoms with Crippen LogP contribution in [0, 0.1) is 17.8 Å². The maximum Gasteiger partial charge on any atom is 0.381 e. The Hall–Kier alpha value is -1.01. The lowest BCUT2D eigenvalue weighted by Crippen LogP contribution is -2.54. The fourth-order valence-electron chi connectivity index (χ4n) is 3.27. The van der Waals surface area contributed by atoms with Crippen LogP contribution in [0.3, 0.4) is 0 Å². The summed E-state index contributed by atoms with van der Waals surface area (Å²) in [4.78, 5) is 13.0. The summed E-state index contributed by atoms with van der Waals surface area (Å²) in [5.41, 5.74) is 0. The van der Waals surface area contributed by atoms with Gasteiger partial charge in [-0.15, -0.1) is 0 Å². The first kappa shape index (κ1) is 12.4. The molecule has 0 bridgehead atoms. The van der Waals surface area contributed by atoms with Crippen molar-refractivity contribution in [3.8, 4) is 11.8 Å². The Balaban J connectivity index is 1.86. The number of piperidine rings is 1. The maximum absolute atomic E-state index is 10.3. The zero-order valence-corrected chi connectivity index (χ0v) is 10.6. The van der Waals surface area contributed by atoms with Gasteiger partial charge in [0.25, 0.3) is 0 Å². The molecule has 2 aliphatic rings. The molecule has 2 unspecified atom stereocenters. The van der Waals surface area contributed by atoms with Gasteiger partial charge in [-0.2, -0.15) is 0 Å². The lowest BCUT2D eigenvalue weighted by atomic mass is 9.77. The Labute approximate surface area is 103 Å². The highest BCUT2D eigenvalue weighted by atomic mass is 16.4. The summed E-state index contributed by atoms with van der Waals surface area (Å²) < 4.78 is 0. The van der Waals surface area contributed by atoms with Crippen molar-refractivity contribution in [2.24, 2.45) is 5.92 Å². The Kier molecular flexibility index (Phi) is 3.73. The van der Waals surface area contributed by atoms with E-state index in [0.717, 1.165) is 12.8 Å². The van der Waals surface area contributed by atoms with Crippen LogP contribution in [0.25, 0.3) is 0 Å². The van der Waals surface area contributed by atoms with Crippen LogP contribution in [0.15, 0.2) is 0 Å². The molecule has 17 heavy (non-hydrogen) atoms. The highest BCUT2D eigenvalue weighted by Crippen LogP contribution is 2.37. The summed E-state index contributed by atoms with van der Waals surface area (Å²) >= 11 is 0. The summed E-state index contributed by atoms with van der Waals surface area (Å²) in [7, 11) is 0. The smallest absolute Gasteiger partial charge is 0.381 e. The van der Waals surface area contributed by atoms with Crippen LogP contribution in [0.2, 0.25) is 0 Å². The molecule has 1 N–H and O–H groups in total. The van der Waals surface area contributed by atoms with Gasteiger partial charge in [0.2, 0.25) is 0 Å². The number of likely N-dealkylation sites (tertiary alicyclic amines) is 1. The van der Waals surface area contributed by atoms with Crippen molar-refractivity contribution in [1.29, 1.82) is 0 Å². The normalized spacial score (nSPS) is 37.8. The Morgan fingerprint density at radius 3 is 2.35 bits per heavy atom. The van der Waals surface area contributed by atoms with Crippen molar-refractivity contribution in [1.82, 2.24) is 4.90 Å². The first-order valence-corrected chi connectivity index (χ1v) is 6.60. The number of nitrogens with zero attached hydrogens (tertiary/aromatic N) is 1. The van der Waals surface area contributed by atoms with Crippen LogP contribution >= 0.6 is 0 Å². The molecular formula is C14H21NO2. The molecule has 1 heterocycles.